The number of phenols is 1. The molecule has 5 rings (SSSR count). The van der Waals surface area contributed by atoms with E-state index >= 15 is 0 Å². The summed E-state index contributed by atoms with van der Waals surface area (Å²) in [6, 6.07) is 24.0. The zero-order valence-electron chi connectivity index (χ0n) is 18.0. The summed E-state index contributed by atoms with van der Waals surface area (Å²) < 4.78 is 27.7. The Bertz CT molecular complexity index is 1520. The highest BCUT2D eigenvalue weighted by Crippen LogP contribution is 2.42. The van der Waals surface area contributed by atoms with Gasteiger partial charge in [-0.2, -0.15) is 0 Å². The van der Waals surface area contributed by atoms with Crippen LogP contribution in [0.4, 0.5) is 5.69 Å². The topological polar surface area (TPSA) is 98.7 Å². The van der Waals surface area contributed by atoms with Crippen LogP contribution in [-0.4, -0.2) is 19.4 Å². The molecule has 0 saturated heterocycles. The Morgan fingerprint density at radius 3 is 2.21 bits per heavy atom. The van der Waals surface area contributed by atoms with Crippen molar-refractivity contribution in [2.45, 2.75) is 11.4 Å². The van der Waals surface area contributed by atoms with Crippen LogP contribution in [0.1, 0.15) is 21.5 Å². The number of rotatable bonds is 6. The first-order valence-corrected chi connectivity index (χ1v) is 12.0. The highest BCUT2D eigenvalue weighted by atomic mass is 32.2. The number of sulfonamides is 1. The number of hydrogen-bond donors (Lipinski definition) is 3. The normalized spacial score (nSPS) is 13.6. The van der Waals surface area contributed by atoms with Gasteiger partial charge in [0, 0.05) is 10.9 Å². The number of phenolic OH excluding ortho intramolecular Hbond substituents is 1. The smallest absolute Gasteiger partial charge is 0.269 e. The number of nitrogens with zero attached hydrogens (tertiary/aromatic N) is 1. The van der Waals surface area contributed by atoms with E-state index in [0.29, 0.717) is 21.8 Å². The van der Waals surface area contributed by atoms with Crippen molar-refractivity contribution in [2.24, 2.45) is 0 Å². The second-order valence-electron chi connectivity index (χ2n) is 7.94. The van der Waals surface area contributed by atoms with Crippen LogP contribution in [-0.2, 0) is 16.6 Å². The number of amides is 1. The molecule has 7 nitrogen and oxygen atoms in total. The van der Waals surface area contributed by atoms with Gasteiger partial charge in [0.1, 0.15) is 5.75 Å². The van der Waals surface area contributed by atoms with Crippen LogP contribution in [0.5, 0.6) is 5.75 Å². The van der Waals surface area contributed by atoms with Crippen molar-refractivity contribution >= 4 is 38.1 Å². The van der Waals surface area contributed by atoms with Crippen molar-refractivity contribution in [2.75, 3.05) is 4.31 Å². The van der Waals surface area contributed by atoms with Gasteiger partial charge < -0.3 is 5.11 Å². The third kappa shape index (κ3) is 3.74. The van der Waals surface area contributed by atoms with Gasteiger partial charge >= 0.3 is 0 Å². The fourth-order valence-corrected chi connectivity index (χ4v) is 5.69. The number of anilines is 1. The molecule has 1 heterocycles. The Kier molecular flexibility index (Phi) is 5.22. The molecule has 1 aliphatic heterocycles. The predicted octanol–water partition coefficient (Wildman–Crippen LogP) is 4.16. The number of carbonyl (C=O) groups is 1. The lowest BCUT2D eigenvalue weighted by molar-refractivity contribution is 0.0942. The summed E-state index contributed by atoms with van der Waals surface area (Å²) in [5.41, 5.74) is 8.36. The van der Waals surface area contributed by atoms with Crippen molar-refractivity contribution in [3.05, 3.63) is 108 Å². The van der Waals surface area contributed by atoms with Crippen LogP contribution < -0.4 is 15.2 Å². The van der Waals surface area contributed by atoms with Gasteiger partial charge in [-0.25, -0.2) is 8.42 Å². The second kappa shape index (κ2) is 8.24. The Labute approximate surface area is 197 Å². The average molecular weight is 472 g/mol. The maximum atomic E-state index is 13.2. The van der Waals surface area contributed by atoms with E-state index in [4.69, 9.17) is 0 Å². The van der Waals surface area contributed by atoms with Gasteiger partial charge in [-0.05, 0) is 65.0 Å². The van der Waals surface area contributed by atoms with Crippen molar-refractivity contribution in [1.82, 2.24) is 10.9 Å². The van der Waals surface area contributed by atoms with Crippen LogP contribution in [0.25, 0.3) is 16.5 Å². The monoisotopic (exact) mass is 471 g/mol. The minimum Gasteiger partial charge on any atom is -0.508 e. The molecule has 0 unspecified atom stereocenters. The molecule has 4 aromatic carbocycles. The first-order chi connectivity index (χ1) is 16.3. The maximum Gasteiger partial charge on any atom is 0.269 e. The van der Waals surface area contributed by atoms with E-state index in [2.05, 4.69) is 17.4 Å². The van der Waals surface area contributed by atoms with E-state index in [1.165, 1.54) is 16.4 Å². The standard InChI is InChI=1S/C26H21N3O4S/c1-17(19-12-14-22(30)15-13-19)27-28-26(31)21-10-8-18(9-11-21)16-29-23-6-2-4-20-5-3-7-24(25(20)23)34(29,32)33/h2-15,27,30H,1,16H2,(H,28,31). The zero-order valence-corrected chi connectivity index (χ0v) is 18.8. The maximum absolute atomic E-state index is 13.2. The van der Waals surface area contributed by atoms with E-state index in [1.54, 1.807) is 48.5 Å². The lowest BCUT2D eigenvalue weighted by Gasteiger charge is -2.19. The molecule has 1 amide bonds. The molecule has 0 aliphatic carbocycles. The number of aromatic hydroxyl groups is 1. The third-order valence-corrected chi connectivity index (χ3v) is 7.57. The third-order valence-electron chi connectivity index (χ3n) is 5.77. The van der Waals surface area contributed by atoms with E-state index < -0.39 is 10.0 Å². The number of hydrazine groups is 1. The van der Waals surface area contributed by atoms with Gasteiger partial charge in [-0.1, -0.05) is 43.0 Å². The number of carbonyl (C=O) groups excluding carboxylic acids is 1. The van der Waals surface area contributed by atoms with Gasteiger partial charge in [0.2, 0.25) is 0 Å². The molecular formula is C26H21N3O4S. The summed E-state index contributed by atoms with van der Waals surface area (Å²) in [6.45, 7) is 4.03. The Balaban J connectivity index is 1.29. The fraction of sp³-hybridized carbons (Fsp3) is 0.0385. The van der Waals surface area contributed by atoms with Crippen LogP contribution in [0.2, 0.25) is 0 Å². The van der Waals surface area contributed by atoms with Crippen molar-refractivity contribution in [3.8, 4) is 5.75 Å². The molecule has 8 heteroatoms. The van der Waals surface area contributed by atoms with Crippen LogP contribution in [0, 0.1) is 0 Å². The number of hydrogen-bond acceptors (Lipinski definition) is 5. The first kappa shape index (κ1) is 21.5. The molecule has 3 N–H and O–H groups in total. The minimum atomic E-state index is -3.65. The lowest BCUT2D eigenvalue weighted by Crippen LogP contribution is -2.35. The summed E-state index contributed by atoms with van der Waals surface area (Å²) in [5, 5.41) is 11.0. The van der Waals surface area contributed by atoms with Crippen LogP contribution >= 0.6 is 0 Å². The van der Waals surface area contributed by atoms with Gasteiger partial charge in [0.25, 0.3) is 15.9 Å². The average Bonchev–Trinajstić information content (AvgIpc) is 3.06. The van der Waals surface area contributed by atoms with E-state index in [-0.39, 0.29) is 18.2 Å². The van der Waals surface area contributed by atoms with Crippen molar-refractivity contribution in [1.29, 1.82) is 0 Å². The molecular weight excluding hydrogens is 450 g/mol. The largest absolute Gasteiger partial charge is 0.508 e. The van der Waals surface area contributed by atoms with Crippen molar-refractivity contribution in [3.63, 3.8) is 0 Å². The van der Waals surface area contributed by atoms with Gasteiger partial charge in [-0.3, -0.25) is 20.0 Å². The minimum absolute atomic E-state index is 0.142. The predicted molar refractivity (Wildman–Crippen MR) is 132 cm³/mol. The summed E-state index contributed by atoms with van der Waals surface area (Å²) in [6.07, 6.45) is 0. The Morgan fingerprint density at radius 1 is 0.853 bits per heavy atom. The fourth-order valence-electron chi connectivity index (χ4n) is 4.00. The summed E-state index contributed by atoms with van der Waals surface area (Å²) in [7, 11) is -3.65. The summed E-state index contributed by atoms with van der Waals surface area (Å²) in [5.74, 6) is -0.222. The molecule has 170 valence electrons. The molecule has 0 aromatic heterocycles. The molecule has 0 atom stereocenters. The molecule has 4 aromatic rings. The van der Waals surface area contributed by atoms with Gasteiger partial charge in [-0.15, -0.1) is 0 Å². The summed E-state index contributed by atoms with van der Waals surface area (Å²) in [4.78, 5) is 12.8. The molecule has 1 aliphatic rings. The molecule has 0 fully saturated rings. The second-order valence-corrected chi connectivity index (χ2v) is 9.78. The van der Waals surface area contributed by atoms with Crippen LogP contribution in [0.3, 0.4) is 0 Å². The molecule has 0 radical (unpaired) electrons. The Morgan fingerprint density at radius 2 is 1.50 bits per heavy atom. The highest BCUT2D eigenvalue weighted by molar-refractivity contribution is 7.93. The summed E-state index contributed by atoms with van der Waals surface area (Å²) >= 11 is 0. The zero-order chi connectivity index (χ0) is 23.9. The lowest BCUT2D eigenvalue weighted by atomic mass is 10.1. The van der Waals surface area contributed by atoms with Gasteiger partial charge in [0.05, 0.1) is 22.8 Å². The Hall–Kier alpha value is -4.30. The van der Waals surface area contributed by atoms with E-state index in [1.807, 2.05) is 24.3 Å². The first-order valence-electron chi connectivity index (χ1n) is 10.5. The van der Waals surface area contributed by atoms with Crippen LogP contribution in [0.15, 0.2) is 96.4 Å². The highest BCUT2D eigenvalue weighted by Gasteiger charge is 2.35. The molecule has 34 heavy (non-hydrogen) atoms. The van der Waals surface area contributed by atoms with Crippen molar-refractivity contribution < 1.29 is 18.3 Å². The quantitative estimate of drug-likeness (QED) is 0.367. The SMILES string of the molecule is C=C(NNC(=O)c1ccc(CN2c3cccc4cccc(c34)S2(=O)=O)cc1)c1ccc(O)cc1. The number of benzene rings is 4. The number of nitrogens with one attached hydrogen (secondary N) is 2. The van der Waals surface area contributed by atoms with E-state index in [0.717, 1.165) is 21.9 Å². The van der Waals surface area contributed by atoms with E-state index in [9.17, 15) is 18.3 Å². The van der Waals surface area contributed by atoms with Gasteiger partial charge in [0.15, 0.2) is 0 Å². The molecule has 0 saturated carbocycles. The molecule has 0 spiro atoms. The molecule has 0 bridgehead atoms.